The van der Waals surface area contributed by atoms with Gasteiger partial charge in [-0.3, -0.25) is 0 Å². The molecule has 0 amide bonds. The van der Waals surface area contributed by atoms with Crippen LogP contribution in [0.1, 0.15) is 42.9 Å². The van der Waals surface area contributed by atoms with Crippen LogP contribution in [0, 0.1) is 0 Å². The van der Waals surface area contributed by atoms with Gasteiger partial charge in [0.25, 0.3) is 0 Å². The fourth-order valence-electron chi connectivity index (χ4n) is 3.31. The van der Waals surface area contributed by atoms with E-state index in [1.165, 1.54) is 36.3 Å². The maximum absolute atomic E-state index is 4.90. The van der Waals surface area contributed by atoms with Gasteiger partial charge in [0, 0.05) is 30.8 Å². The lowest BCUT2D eigenvalue weighted by Crippen LogP contribution is -2.43. The summed E-state index contributed by atoms with van der Waals surface area (Å²) < 4.78 is 4.90. The van der Waals surface area contributed by atoms with E-state index in [1.54, 1.807) is 0 Å². The van der Waals surface area contributed by atoms with Gasteiger partial charge in [-0.1, -0.05) is 40.8 Å². The van der Waals surface area contributed by atoms with Crippen molar-refractivity contribution in [2.24, 2.45) is 4.40 Å². The summed E-state index contributed by atoms with van der Waals surface area (Å²) >= 11 is 0. The first-order valence-electron chi connectivity index (χ1n) is 8.17. The maximum Gasteiger partial charge on any atom is 0.119 e. The van der Waals surface area contributed by atoms with E-state index in [4.69, 9.17) is 4.40 Å². The number of fused-ring (bicyclic) bond motifs is 1. The van der Waals surface area contributed by atoms with Gasteiger partial charge in [-0.05, 0) is 45.0 Å². The van der Waals surface area contributed by atoms with E-state index < -0.39 is 0 Å². The molecule has 0 aromatic heterocycles. The van der Waals surface area contributed by atoms with Crippen LogP contribution in [0.25, 0.3) is 0 Å². The molecule has 2 aliphatic heterocycles. The fourth-order valence-corrected chi connectivity index (χ4v) is 4.34. The molecule has 2 heterocycles. The van der Waals surface area contributed by atoms with Crippen molar-refractivity contribution in [2.45, 2.75) is 31.7 Å². The number of amidine groups is 1. The van der Waals surface area contributed by atoms with Gasteiger partial charge in [-0.15, -0.1) is 0 Å². The number of rotatable bonds is 3. The Hall–Kier alpha value is -1.13. The molecule has 22 heavy (non-hydrogen) atoms. The van der Waals surface area contributed by atoms with Crippen LogP contribution in [-0.2, 0) is 0 Å². The lowest BCUT2D eigenvalue weighted by molar-refractivity contribution is 0.321. The van der Waals surface area contributed by atoms with Crippen molar-refractivity contribution in [1.29, 1.82) is 0 Å². The standard InChI is InChI=1S/C18H27N3S/c1-14(20(2)3)15-7-9-16(10-8-15)17-6-5-11-21-12-13-22(4)19-18(17)21/h7-10,14,17H,4-6,11-13H2,1-3H3. The summed E-state index contributed by atoms with van der Waals surface area (Å²) in [5, 5.41) is 0. The molecule has 3 atom stereocenters. The van der Waals surface area contributed by atoms with E-state index in [0.29, 0.717) is 12.0 Å². The van der Waals surface area contributed by atoms with Crippen molar-refractivity contribution in [2.75, 3.05) is 32.9 Å². The highest BCUT2D eigenvalue weighted by atomic mass is 32.2. The lowest BCUT2D eigenvalue weighted by atomic mass is 9.88. The van der Waals surface area contributed by atoms with E-state index in [9.17, 15) is 0 Å². The Bertz CT molecular complexity index is 576. The molecule has 120 valence electrons. The summed E-state index contributed by atoms with van der Waals surface area (Å²) in [5.41, 5.74) is 2.79. The zero-order chi connectivity index (χ0) is 15.7. The van der Waals surface area contributed by atoms with Crippen molar-refractivity contribution in [1.82, 2.24) is 9.80 Å². The monoisotopic (exact) mass is 317 g/mol. The Labute approximate surface area is 137 Å². The van der Waals surface area contributed by atoms with Crippen molar-refractivity contribution in [3.63, 3.8) is 0 Å². The van der Waals surface area contributed by atoms with E-state index >= 15 is 0 Å². The van der Waals surface area contributed by atoms with Gasteiger partial charge < -0.3 is 9.80 Å². The van der Waals surface area contributed by atoms with Crippen molar-refractivity contribution in [3.05, 3.63) is 35.4 Å². The Morgan fingerprint density at radius 1 is 1.27 bits per heavy atom. The fraction of sp³-hybridized carbons (Fsp3) is 0.556. The molecule has 0 bridgehead atoms. The van der Waals surface area contributed by atoms with Crippen LogP contribution in [0.2, 0.25) is 0 Å². The highest BCUT2D eigenvalue weighted by molar-refractivity contribution is 8.13. The van der Waals surface area contributed by atoms with Crippen molar-refractivity contribution >= 4 is 22.4 Å². The predicted molar refractivity (Wildman–Crippen MR) is 99.1 cm³/mol. The lowest BCUT2D eigenvalue weighted by Gasteiger charge is -2.38. The molecular formula is C18H27N3S. The molecule has 0 aliphatic carbocycles. The van der Waals surface area contributed by atoms with Crippen LogP contribution >= 0.6 is 10.7 Å². The molecule has 0 saturated carbocycles. The first-order chi connectivity index (χ1) is 10.6. The van der Waals surface area contributed by atoms with E-state index in [-0.39, 0.29) is 10.7 Å². The summed E-state index contributed by atoms with van der Waals surface area (Å²) in [6.45, 7) is 4.55. The molecule has 1 saturated heterocycles. The van der Waals surface area contributed by atoms with Crippen LogP contribution in [0.4, 0.5) is 0 Å². The summed E-state index contributed by atoms with van der Waals surface area (Å²) in [5.74, 6) is 7.06. The van der Waals surface area contributed by atoms with E-state index in [2.05, 4.69) is 61.0 Å². The minimum atomic E-state index is -0.0313. The van der Waals surface area contributed by atoms with Gasteiger partial charge in [0.2, 0.25) is 0 Å². The van der Waals surface area contributed by atoms with Crippen LogP contribution in [-0.4, -0.2) is 54.4 Å². The first kappa shape index (κ1) is 15.8. The molecule has 1 aromatic rings. The van der Waals surface area contributed by atoms with Gasteiger partial charge in [-0.2, -0.15) is 0 Å². The highest BCUT2D eigenvalue weighted by Crippen LogP contribution is 2.34. The number of hydrogen-bond donors (Lipinski definition) is 0. The number of hydrogen-bond acceptors (Lipinski definition) is 3. The van der Waals surface area contributed by atoms with Crippen molar-refractivity contribution < 1.29 is 0 Å². The highest BCUT2D eigenvalue weighted by Gasteiger charge is 2.30. The summed E-state index contributed by atoms with van der Waals surface area (Å²) in [6.07, 6.45) is 2.49. The molecule has 3 rings (SSSR count). The molecule has 0 spiro atoms. The van der Waals surface area contributed by atoms with Gasteiger partial charge >= 0.3 is 0 Å². The average molecular weight is 318 g/mol. The summed E-state index contributed by atoms with van der Waals surface area (Å²) in [6, 6.07) is 9.64. The van der Waals surface area contributed by atoms with Crippen molar-refractivity contribution in [3.8, 4) is 0 Å². The Morgan fingerprint density at radius 3 is 2.68 bits per heavy atom. The number of nitrogens with zero attached hydrogens (tertiary/aromatic N) is 3. The maximum atomic E-state index is 4.90. The zero-order valence-corrected chi connectivity index (χ0v) is 14.8. The summed E-state index contributed by atoms with van der Waals surface area (Å²) in [7, 11) is 4.23. The predicted octanol–water partition coefficient (Wildman–Crippen LogP) is 3.52. The molecule has 3 nitrogen and oxygen atoms in total. The third-order valence-corrected chi connectivity index (χ3v) is 6.07. The number of piperidine rings is 1. The second kappa shape index (κ2) is 6.55. The summed E-state index contributed by atoms with van der Waals surface area (Å²) in [4.78, 5) is 4.73. The van der Waals surface area contributed by atoms with E-state index in [1.807, 2.05) is 0 Å². The molecule has 0 N–H and O–H groups in total. The second-order valence-corrected chi connectivity index (χ2v) is 8.12. The average Bonchev–Trinajstić information content (AvgIpc) is 2.53. The minimum Gasteiger partial charge on any atom is -0.358 e. The molecule has 2 aliphatic rings. The van der Waals surface area contributed by atoms with Crippen LogP contribution in [0.5, 0.6) is 0 Å². The molecule has 0 radical (unpaired) electrons. The molecule has 1 aromatic carbocycles. The smallest absolute Gasteiger partial charge is 0.119 e. The molecule has 4 heteroatoms. The largest absolute Gasteiger partial charge is 0.358 e. The Kier molecular flexibility index (Phi) is 4.69. The molecular weight excluding hydrogens is 290 g/mol. The van der Waals surface area contributed by atoms with Gasteiger partial charge in [0.1, 0.15) is 5.84 Å². The van der Waals surface area contributed by atoms with Crippen LogP contribution < -0.4 is 0 Å². The quantitative estimate of drug-likeness (QED) is 0.794. The Balaban J connectivity index is 1.85. The third-order valence-electron chi connectivity index (χ3n) is 4.97. The van der Waals surface area contributed by atoms with E-state index in [0.717, 1.165) is 12.3 Å². The molecule has 1 fully saturated rings. The Morgan fingerprint density at radius 2 is 2.00 bits per heavy atom. The zero-order valence-electron chi connectivity index (χ0n) is 14.0. The molecule has 3 unspecified atom stereocenters. The topological polar surface area (TPSA) is 18.8 Å². The number of benzene rings is 1. The minimum absolute atomic E-state index is 0.0313. The normalized spacial score (nSPS) is 26.5. The SMILES string of the molecule is C=S1CCN2CCCC(c3ccc(C(C)N(C)C)cc3)C2=N1. The third kappa shape index (κ3) is 3.13. The van der Waals surface area contributed by atoms with Crippen LogP contribution in [0.15, 0.2) is 28.7 Å². The van der Waals surface area contributed by atoms with Gasteiger partial charge in [0.05, 0.1) is 0 Å². The van der Waals surface area contributed by atoms with Gasteiger partial charge in [-0.25, -0.2) is 4.40 Å². The first-order valence-corrected chi connectivity index (χ1v) is 9.69. The second-order valence-electron chi connectivity index (χ2n) is 6.60. The van der Waals surface area contributed by atoms with Gasteiger partial charge in [0.15, 0.2) is 0 Å². The van der Waals surface area contributed by atoms with Crippen LogP contribution in [0.3, 0.4) is 0 Å².